The Kier molecular flexibility index (Phi) is 5.04. The van der Waals surface area contributed by atoms with Crippen LogP contribution in [0.5, 0.6) is 5.75 Å². The van der Waals surface area contributed by atoms with E-state index in [1.54, 1.807) is 24.3 Å². The predicted octanol–water partition coefficient (Wildman–Crippen LogP) is 4.83. The van der Waals surface area contributed by atoms with Crippen LogP contribution in [0.2, 0.25) is 0 Å². The maximum absolute atomic E-state index is 14.5. The Morgan fingerprint density at radius 1 is 1.15 bits per heavy atom. The summed E-state index contributed by atoms with van der Waals surface area (Å²) in [5.41, 5.74) is 7.13. The Balaban J connectivity index is 1.68. The maximum Gasteiger partial charge on any atom is 0.220 e. The van der Waals surface area contributed by atoms with Crippen LogP contribution >= 0.6 is 0 Å². The average Bonchev–Trinajstić information content (AvgIpc) is 2.78. The zero-order valence-electron chi connectivity index (χ0n) is 18.7. The Hall–Kier alpha value is -3.54. The second-order valence-corrected chi connectivity index (χ2v) is 9.38. The first kappa shape index (κ1) is 21.3. The van der Waals surface area contributed by atoms with E-state index in [2.05, 4.69) is 4.98 Å². The van der Waals surface area contributed by atoms with Crippen molar-refractivity contribution in [2.24, 2.45) is 16.6 Å². The van der Waals surface area contributed by atoms with Crippen molar-refractivity contribution < 1.29 is 13.9 Å². The molecule has 2 unspecified atom stereocenters. The molecule has 168 valence electrons. The van der Waals surface area contributed by atoms with Crippen molar-refractivity contribution >= 4 is 11.6 Å². The quantitative estimate of drug-likeness (QED) is 0.588. The second-order valence-electron chi connectivity index (χ2n) is 9.38. The highest BCUT2D eigenvalue weighted by Gasteiger charge is 2.54. The van der Waals surface area contributed by atoms with E-state index >= 15 is 0 Å². The molecule has 3 heterocycles. The van der Waals surface area contributed by atoms with Crippen molar-refractivity contribution in [1.29, 1.82) is 0 Å². The number of aliphatic imine (C=N–C) groups is 1. The number of carbonyl (C=O) groups excluding carboxylic acids is 1. The van der Waals surface area contributed by atoms with Gasteiger partial charge in [-0.2, -0.15) is 4.39 Å². The summed E-state index contributed by atoms with van der Waals surface area (Å²) in [5.74, 6) is 0.211. The Labute approximate surface area is 192 Å². The van der Waals surface area contributed by atoms with Gasteiger partial charge in [-0.15, -0.1) is 0 Å². The molecular weight excluding hydrogens is 417 g/mol. The minimum Gasteiger partial charge on any atom is -0.487 e. The number of halogens is 1. The molecule has 0 saturated heterocycles. The normalized spacial score (nSPS) is 26.5. The lowest BCUT2D eigenvalue weighted by atomic mass is 9.68. The molecule has 2 aromatic carbocycles. The summed E-state index contributed by atoms with van der Waals surface area (Å²) in [6, 6.07) is 18.8. The molecule has 0 fully saturated rings. The van der Waals surface area contributed by atoms with E-state index in [0.717, 1.165) is 5.56 Å². The number of amidine groups is 1. The number of nitrogens with zero attached hydrogens (tertiary/aromatic N) is 2. The number of carbonyl (C=O) groups is 1. The summed E-state index contributed by atoms with van der Waals surface area (Å²) in [5, 5.41) is 0. The lowest BCUT2D eigenvalue weighted by molar-refractivity contribution is -0.132. The van der Waals surface area contributed by atoms with Crippen molar-refractivity contribution in [2.75, 3.05) is 0 Å². The topological polar surface area (TPSA) is 77.6 Å². The Morgan fingerprint density at radius 2 is 1.94 bits per heavy atom. The molecule has 1 spiro atoms. The molecule has 33 heavy (non-hydrogen) atoms. The number of hydrogen-bond donors (Lipinski definition) is 1. The fourth-order valence-electron chi connectivity index (χ4n) is 5.25. The van der Waals surface area contributed by atoms with Crippen molar-refractivity contribution in [3.05, 3.63) is 83.9 Å². The summed E-state index contributed by atoms with van der Waals surface area (Å²) in [4.78, 5) is 22.3. The number of rotatable bonds is 3. The zero-order chi connectivity index (χ0) is 23.2. The van der Waals surface area contributed by atoms with Gasteiger partial charge in [0, 0.05) is 42.5 Å². The molecule has 2 N–H and O–H groups in total. The molecule has 0 radical (unpaired) electrons. The predicted molar refractivity (Wildman–Crippen MR) is 126 cm³/mol. The number of aromatic nitrogens is 1. The fourth-order valence-corrected chi connectivity index (χ4v) is 5.25. The summed E-state index contributed by atoms with van der Waals surface area (Å²) in [6.07, 6.45) is 2.81. The first-order valence-corrected chi connectivity index (χ1v) is 11.2. The molecule has 6 heteroatoms. The molecule has 1 aromatic heterocycles. The first-order valence-electron chi connectivity index (χ1n) is 11.2. The van der Waals surface area contributed by atoms with Gasteiger partial charge in [0.1, 0.15) is 11.4 Å². The number of nitrogens with two attached hydrogens (primary N) is 1. The standard InChI is InChI=1S/C27H26FN3O2/c1-17-13-23(29)31-27(24(17)32)16-26(2,15-18-7-4-3-5-8-18)33-22-11-10-19(14-21(22)27)20-9-6-12-30-25(20)28/h3-12,14,17H,13,15-16H2,1-2H3,(H2,29,31)/t17?,26-,27?/m1/s1. The first-order chi connectivity index (χ1) is 15.8. The lowest BCUT2D eigenvalue weighted by Crippen LogP contribution is -2.54. The number of benzene rings is 2. The third-order valence-electron chi connectivity index (χ3n) is 6.61. The number of ketones is 1. The van der Waals surface area contributed by atoms with Gasteiger partial charge in [-0.25, -0.2) is 4.98 Å². The number of hydrogen-bond acceptors (Lipinski definition) is 5. The molecule has 5 rings (SSSR count). The van der Waals surface area contributed by atoms with Crippen molar-refractivity contribution in [2.45, 2.75) is 44.2 Å². The molecule has 2 aliphatic rings. The number of pyridine rings is 1. The highest BCUT2D eigenvalue weighted by molar-refractivity contribution is 6.01. The summed E-state index contributed by atoms with van der Waals surface area (Å²) >= 11 is 0. The second kappa shape index (κ2) is 7.80. The minimum atomic E-state index is -1.17. The summed E-state index contributed by atoms with van der Waals surface area (Å²) in [6.45, 7) is 3.90. The smallest absolute Gasteiger partial charge is 0.220 e. The minimum absolute atomic E-state index is 0.0179. The van der Waals surface area contributed by atoms with Gasteiger partial charge in [-0.05, 0) is 42.3 Å². The molecule has 5 nitrogen and oxygen atoms in total. The van der Waals surface area contributed by atoms with Gasteiger partial charge in [-0.3, -0.25) is 9.79 Å². The van der Waals surface area contributed by atoms with E-state index in [9.17, 15) is 9.18 Å². The third kappa shape index (κ3) is 3.69. The van der Waals surface area contributed by atoms with Crippen LogP contribution in [-0.4, -0.2) is 22.2 Å². The van der Waals surface area contributed by atoms with Gasteiger partial charge in [0.15, 0.2) is 11.3 Å². The van der Waals surface area contributed by atoms with E-state index in [4.69, 9.17) is 15.5 Å². The zero-order valence-corrected chi connectivity index (χ0v) is 18.7. The van der Waals surface area contributed by atoms with Gasteiger partial charge in [0.25, 0.3) is 0 Å². The van der Waals surface area contributed by atoms with Crippen LogP contribution in [0.4, 0.5) is 4.39 Å². The van der Waals surface area contributed by atoms with Crippen LogP contribution < -0.4 is 10.5 Å². The molecule has 3 atom stereocenters. The fraction of sp³-hybridized carbons (Fsp3) is 0.296. The van der Waals surface area contributed by atoms with Crippen LogP contribution in [0.1, 0.15) is 37.8 Å². The molecular formula is C27H26FN3O2. The van der Waals surface area contributed by atoms with Crippen LogP contribution in [0, 0.1) is 11.9 Å². The highest BCUT2D eigenvalue weighted by atomic mass is 19.1. The van der Waals surface area contributed by atoms with Gasteiger partial charge < -0.3 is 10.5 Å². The Bertz CT molecular complexity index is 1260. The van der Waals surface area contributed by atoms with E-state index in [0.29, 0.717) is 47.5 Å². The van der Waals surface area contributed by atoms with Crippen molar-refractivity contribution in [1.82, 2.24) is 4.98 Å². The Morgan fingerprint density at radius 3 is 2.70 bits per heavy atom. The molecule has 0 amide bonds. The number of ether oxygens (including phenoxy) is 1. The molecule has 0 aliphatic carbocycles. The maximum atomic E-state index is 14.5. The lowest BCUT2D eigenvalue weighted by Gasteiger charge is -2.47. The monoisotopic (exact) mass is 443 g/mol. The number of Topliss-reactive ketones (excluding diaryl/α,β-unsaturated/α-hetero) is 1. The van der Waals surface area contributed by atoms with Crippen LogP contribution in [0.25, 0.3) is 11.1 Å². The van der Waals surface area contributed by atoms with Crippen molar-refractivity contribution in [3.8, 4) is 16.9 Å². The largest absolute Gasteiger partial charge is 0.487 e. The molecule has 0 saturated carbocycles. The highest BCUT2D eigenvalue weighted by Crippen LogP contribution is 2.51. The third-order valence-corrected chi connectivity index (χ3v) is 6.61. The van der Waals surface area contributed by atoms with E-state index in [-0.39, 0.29) is 11.7 Å². The molecule has 2 aliphatic heterocycles. The van der Waals surface area contributed by atoms with Crippen LogP contribution in [0.3, 0.4) is 0 Å². The van der Waals surface area contributed by atoms with E-state index < -0.39 is 17.1 Å². The number of fused-ring (bicyclic) bond motifs is 2. The average molecular weight is 444 g/mol. The molecule has 0 bridgehead atoms. The van der Waals surface area contributed by atoms with Gasteiger partial charge in [-0.1, -0.05) is 43.3 Å². The van der Waals surface area contributed by atoms with Gasteiger partial charge >= 0.3 is 0 Å². The van der Waals surface area contributed by atoms with Gasteiger partial charge in [0.05, 0.1) is 5.84 Å². The van der Waals surface area contributed by atoms with E-state index in [1.807, 2.05) is 50.2 Å². The SMILES string of the molecule is CC1CC(N)=NC2(C[C@@](C)(Cc3ccccc3)Oc3ccc(-c4cccnc4F)cc32)C1=O. The summed E-state index contributed by atoms with van der Waals surface area (Å²) < 4.78 is 21.0. The van der Waals surface area contributed by atoms with Crippen LogP contribution in [0.15, 0.2) is 71.9 Å². The van der Waals surface area contributed by atoms with E-state index in [1.165, 1.54) is 6.20 Å². The summed E-state index contributed by atoms with van der Waals surface area (Å²) in [7, 11) is 0. The van der Waals surface area contributed by atoms with Crippen molar-refractivity contribution in [3.63, 3.8) is 0 Å². The van der Waals surface area contributed by atoms with Crippen LogP contribution in [-0.2, 0) is 16.8 Å². The molecule has 3 aromatic rings. The van der Waals surface area contributed by atoms with Gasteiger partial charge in [0.2, 0.25) is 5.95 Å².